The van der Waals surface area contributed by atoms with Crippen LogP contribution in [0, 0.1) is 17.8 Å². The minimum absolute atomic E-state index is 0.0401. The first-order chi connectivity index (χ1) is 8.97. The van der Waals surface area contributed by atoms with Crippen molar-refractivity contribution in [2.24, 2.45) is 5.92 Å². The average Bonchev–Trinajstić information content (AvgIpc) is 2.34. The molecule has 0 aliphatic carbocycles. The predicted octanol–water partition coefficient (Wildman–Crippen LogP) is 1.98. The second-order valence-corrected chi connectivity index (χ2v) is 4.65. The molecule has 2 unspecified atom stereocenters. The Morgan fingerprint density at radius 3 is 2.53 bits per heavy atom. The van der Waals surface area contributed by atoms with Crippen LogP contribution in [0.3, 0.4) is 0 Å². The first-order valence-electron chi connectivity index (χ1n) is 6.64. The summed E-state index contributed by atoms with van der Waals surface area (Å²) in [6.07, 6.45) is 2.85. The van der Waals surface area contributed by atoms with Crippen LogP contribution < -0.4 is 10.6 Å². The number of aliphatic carboxylic acids is 1. The van der Waals surface area contributed by atoms with Gasteiger partial charge >= 0.3 is 12.0 Å². The van der Waals surface area contributed by atoms with Gasteiger partial charge in [0.05, 0.1) is 5.92 Å². The highest BCUT2D eigenvalue weighted by Gasteiger charge is 2.12. The van der Waals surface area contributed by atoms with Gasteiger partial charge in [0, 0.05) is 19.0 Å². The van der Waals surface area contributed by atoms with Crippen LogP contribution in [-0.4, -0.2) is 29.7 Å². The minimum atomic E-state index is -0.768. The average molecular weight is 268 g/mol. The number of amides is 2. The van der Waals surface area contributed by atoms with Crippen LogP contribution in [0.4, 0.5) is 4.79 Å². The van der Waals surface area contributed by atoms with Crippen molar-refractivity contribution >= 4 is 12.0 Å². The van der Waals surface area contributed by atoms with Crippen molar-refractivity contribution in [3.63, 3.8) is 0 Å². The molecule has 3 N–H and O–H groups in total. The van der Waals surface area contributed by atoms with E-state index in [2.05, 4.69) is 22.5 Å². The van der Waals surface area contributed by atoms with Crippen LogP contribution in [0.5, 0.6) is 0 Å². The summed E-state index contributed by atoms with van der Waals surface area (Å²) in [5.74, 6) is 4.53. The second-order valence-electron chi connectivity index (χ2n) is 4.65. The summed E-state index contributed by atoms with van der Waals surface area (Å²) in [4.78, 5) is 22.1. The first-order valence-corrected chi connectivity index (χ1v) is 6.64. The zero-order chi connectivity index (χ0) is 14.7. The summed E-state index contributed by atoms with van der Waals surface area (Å²) in [7, 11) is 0. The van der Waals surface area contributed by atoms with Gasteiger partial charge in [-0.25, -0.2) is 4.79 Å². The van der Waals surface area contributed by atoms with Crippen LogP contribution in [0.1, 0.15) is 46.5 Å². The van der Waals surface area contributed by atoms with E-state index < -0.39 is 5.97 Å². The van der Waals surface area contributed by atoms with Crippen molar-refractivity contribution in [2.75, 3.05) is 6.54 Å². The van der Waals surface area contributed by atoms with Crippen molar-refractivity contribution in [2.45, 2.75) is 52.5 Å². The highest BCUT2D eigenvalue weighted by molar-refractivity contribution is 5.74. The molecule has 0 radical (unpaired) electrons. The number of hydrogen-bond acceptors (Lipinski definition) is 2. The molecule has 0 spiro atoms. The molecule has 0 fully saturated rings. The predicted molar refractivity (Wildman–Crippen MR) is 74.7 cm³/mol. The third-order valence-corrected chi connectivity index (χ3v) is 2.79. The molecule has 0 saturated carbocycles. The van der Waals surface area contributed by atoms with Crippen molar-refractivity contribution in [3.05, 3.63) is 0 Å². The van der Waals surface area contributed by atoms with Gasteiger partial charge in [-0.05, 0) is 26.7 Å². The van der Waals surface area contributed by atoms with E-state index in [-0.39, 0.29) is 18.0 Å². The molecule has 5 nitrogen and oxygen atoms in total. The molecule has 0 aromatic carbocycles. The Morgan fingerprint density at radius 2 is 1.95 bits per heavy atom. The fourth-order valence-electron chi connectivity index (χ4n) is 1.56. The Kier molecular flexibility index (Phi) is 9.33. The molecule has 0 bridgehead atoms. The van der Waals surface area contributed by atoms with Crippen molar-refractivity contribution in [1.29, 1.82) is 0 Å². The molecule has 2 amide bonds. The van der Waals surface area contributed by atoms with E-state index in [0.29, 0.717) is 19.4 Å². The molecule has 0 rings (SSSR count). The van der Waals surface area contributed by atoms with E-state index in [0.717, 1.165) is 12.8 Å². The van der Waals surface area contributed by atoms with Gasteiger partial charge in [-0.2, -0.15) is 0 Å². The molecule has 19 heavy (non-hydrogen) atoms. The third kappa shape index (κ3) is 9.95. The molecule has 2 atom stereocenters. The zero-order valence-electron chi connectivity index (χ0n) is 12.0. The van der Waals surface area contributed by atoms with Crippen LogP contribution in [-0.2, 0) is 4.79 Å². The van der Waals surface area contributed by atoms with Crippen LogP contribution in [0.15, 0.2) is 0 Å². The lowest BCUT2D eigenvalue weighted by Crippen LogP contribution is -2.41. The highest BCUT2D eigenvalue weighted by atomic mass is 16.4. The number of urea groups is 1. The number of carboxylic acids is 1. The molecule has 0 aromatic heterocycles. The summed E-state index contributed by atoms with van der Waals surface area (Å²) in [5.41, 5.74) is 0. The maximum Gasteiger partial charge on any atom is 0.315 e. The van der Waals surface area contributed by atoms with E-state index in [4.69, 9.17) is 5.11 Å². The molecule has 0 heterocycles. The zero-order valence-corrected chi connectivity index (χ0v) is 12.0. The summed E-state index contributed by atoms with van der Waals surface area (Å²) in [6.45, 7) is 5.91. The summed E-state index contributed by atoms with van der Waals surface area (Å²) >= 11 is 0. The Labute approximate surface area is 115 Å². The van der Waals surface area contributed by atoms with Gasteiger partial charge in [0.15, 0.2) is 0 Å². The molecule has 0 aromatic rings. The molecule has 108 valence electrons. The van der Waals surface area contributed by atoms with Gasteiger partial charge in [0.25, 0.3) is 0 Å². The SMILES string of the molecule is CC#CCCNC(=O)NC(C)CCCC(C)C(=O)O. The van der Waals surface area contributed by atoms with Gasteiger partial charge in [0.2, 0.25) is 0 Å². The largest absolute Gasteiger partial charge is 0.481 e. The third-order valence-electron chi connectivity index (χ3n) is 2.79. The molecule has 0 saturated heterocycles. The Bertz CT molecular complexity index is 344. The van der Waals surface area contributed by atoms with Crippen LogP contribution >= 0.6 is 0 Å². The monoisotopic (exact) mass is 268 g/mol. The fraction of sp³-hybridized carbons (Fsp3) is 0.714. The van der Waals surface area contributed by atoms with E-state index in [1.165, 1.54) is 0 Å². The highest BCUT2D eigenvalue weighted by Crippen LogP contribution is 2.09. The van der Waals surface area contributed by atoms with Crippen molar-refractivity contribution < 1.29 is 14.7 Å². The first kappa shape index (κ1) is 17.3. The lowest BCUT2D eigenvalue weighted by molar-refractivity contribution is -0.141. The quantitative estimate of drug-likeness (QED) is 0.465. The smallest absolute Gasteiger partial charge is 0.315 e. The Morgan fingerprint density at radius 1 is 1.26 bits per heavy atom. The molecule has 0 aliphatic heterocycles. The number of carbonyl (C=O) groups excluding carboxylic acids is 1. The molecular weight excluding hydrogens is 244 g/mol. The number of carboxylic acid groups (broad SMARTS) is 1. The van der Waals surface area contributed by atoms with Crippen LogP contribution in [0.2, 0.25) is 0 Å². The van der Waals surface area contributed by atoms with Gasteiger partial charge < -0.3 is 15.7 Å². The second kappa shape index (κ2) is 10.2. The molecular formula is C14H24N2O3. The van der Waals surface area contributed by atoms with Crippen molar-refractivity contribution in [3.8, 4) is 11.8 Å². The van der Waals surface area contributed by atoms with Crippen molar-refractivity contribution in [1.82, 2.24) is 10.6 Å². The van der Waals surface area contributed by atoms with E-state index in [1.54, 1.807) is 13.8 Å². The maximum atomic E-state index is 11.5. The summed E-state index contributed by atoms with van der Waals surface area (Å²) in [5, 5.41) is 14.3. The van der Waals surface area contributed by atoms with Crippen LogP contribution in [0.25, 0.3) is 0 Å². The minimum Gasteiger partial charge on any atom is -0.481 e. The lowest BCUT2D eigenvalue weighted by Gasteiger charge is -2.15. The van der Waals surface area contributed by atoms with E-state index in [1.807, 2.05) is 6.92 Å². The normalized spacial score (nSPS) is 12.8. The fourth-order valence-corrected chi connectivity index (χ4v) is 1.56. The number of nitrogens with one attached hydrogen (secondary N) is 2. The van der Waals surface area contributed by atoms with Gasteiger partial charge in [-0.3, -0.25) is 4.79 Å². The summed E-state index contributed by atoms with van der Waals surface area (Å²) < 4.78 is 0. The number of rotatable bonds is 8. The van der Waals surface area contributed by atoms with E-state index in [9.17, 15) is 9.59 Å². The van der Waals surface area contributed by atoms with Gasteiger partial charge in [0.1, 0.15) is 0 Å². The molecule has 0 aliphatic rings. The Balaban J connectivity index is 3.66. The molecule has 5 heteroatoms. The lowest BCUT2D eigenvalue weighted by atomic mass is 10.0. The van der Waals surface area contributed by atoms with Gasteiger partial charge in [-0.15, -0.1) is 11.8 Å². The maximum absolute atomic E-state index is 11.5. The van der Waals surface area contributed by atoms with E-state index >= 15 is 0 Å². The summed E-state index contributed by atoms with van der Waals surface area (Å²) in [6, 6.07) is -0.157. The number of hydrogen-bond donors (Lipinski definition) is 3. The number of carbonyl (C=O) groups is 2. The standard InChI is InChI=1S/C14H24N2O3/c1-4-5-6-10-15-14(19)16-12(3)9-7-8-11(2)13(17)18/h11-12H,6-10H2,1-3H3,(H,17,18)(H2,15,16,19). The Hall–Kier alpha value is -1.70. The topological polar surface area (TPSA) is 78.4 Å². The van der Waals surface area contributed by atoms with Gasteiger partial charge in [-0.1, -0.05) is 13.3 Å².